The number of benzene rings is 3. The van der Waals surface area contributed by atoms with Crippen LogP contribution in [0, 0.1) is 0 Å². The van der Waals surface area contributed by atoms with Crippen molar-refractivity contribution in [2.75, 3.05) is 32.2 Å². The van der Waals surface area contributed by atoms with Crippen LogP contribution in [0.4, 0.5) is 5.69 Å². The van der Waals surface area contributed by atoms with Gasteiger partial charge in [0.2, 0.25) is 0 Å². The molecule has 7 heteroatoms. The van der Waals surface area contributed by atoms with Crippen molar-refractivity contribution >= 4 is 35.3 Å². The van der Waals surface area contributed by atoms with Crippen molar-refractivity contribution in [2.45, 2.75) is 18.2 Å². The molecule has 0 aliphatic carbocycles. The number of amides is 2. The van der Waals surface area contributed by atoms with E-state index >= 15 is 0 Å². The lowest BCUT2D eigenvalue weighted by Gasteiger charge is -2.27. The Morgan fingerprint density at radius 2 is 1.86 bits per heavy atom. The number of nitrogens with zero attached hydrogens (tertiary/aromatic N) is 1. The zero-order chi connectivity index (χ0) is 24.8. The van der Waals surface area contributed by atoms with Crippen LogP contribution in [0.3, 0.4) is 0 Å². The molecule has 35 heavy (non-hydrogen) atoms. The summed E-state index contributed by atoms with van der Waals surface area (Å²) >= 11 is 1.39. The second kappa shape index (κ2) is 11.1. The Bertz CT molecular complexity index is 1260. The number of fused-ring (bicyclic) bond motifs is 1. The van der Waals surface area contributed by atoms with E-state index < -0.39 is 0 Å². The van der Waals surface area contributed by atoms with Gasteiger partial charge in [0.05, 0.1) is 24.3 Å². The number of thioether (sulfide) groups is 1. The number of hydrogen-bond acceptors (Lipinski definition) is 5. The van der Waals surface area contributed by atoms with Crippen LogP contribution in [0.15, 0.2) is 76.5 Å². The molecule has 0 bridgehead atoms. The molecule has 0 atom stereocenters. The molecule has 0 saturated carbocycles. The number of ether oxygens (including phenoxy) is 2. The fraction of sp³-hybridized carbons (Fsp3) is 0.214. The Morgan fingerprint density at radius 3 is 2.60 bits per heavy atom. The van der Waals surface area contributed by atoms with Gasteiger partial charge in [-0.1, -0.05) is 48.2 Å². The predicted molar refractivity (Wildman–Crippen MR) is 140 cm³/mol. The van der Waals surface area contributed by atoms with E-state index in [4.69, 9.17) is 9.47 Å². The Balaban J connectivity index is 1.49. The van der Waals surface area contributed by atoms with E-state index in [9.17, 15) is 9.59 Å². The first-order chi connectivity index (χ1) is 17.0. The molecule has 4 rings (SSSR count). The van der Waals surface area contributed by atoms with Gasteiger partial charge in [0, 0.05) is 24.1 Å². The third kappa shape index (κ3) is 5.69. The van der Waals surface area contributed by atoms with Gasteiger partial charge in [0.15, 0.2) is 11.5 Å². The van der Waals surface area contributed by atoms with Gasteiger partial charge in [-0.05, 0) is 60.9 Å². The minimum atomic E-state index is -0.155. The van der Waals surface area contributed by atoms with Crippen LogP contribution < -0.4 is 19.7 Å². The van der Waals surface area contributed by atoms with Crippen LogP contribution in [0.5, 0.6) is 11.5 Å². The molecule has 180 valence electrons. The summed E-state index contributed by atoms with van der Waals surface area (Å²) in [6, 6.07) is 21.1. The summed E-state index contributed by atoms with van der Waals surface area (Å²) in [5, 5.41) is 2.96. The van der Waals surface area contributed by atoms with Crippen LogP contribution in [0.25, 0.3) is 6.08 Å². The second-order valence-corrected chi connectivity index (χ2v) is 9.08. The number of anilines is 1. The summed E-state index contributed by atoms with van der Waals surface area (Å²) in [6.45, 7) is 3.00. The van der Waals surface area contributed by atoms with Gasteiger partial charge in [0.1, 0.15) is 0 Å². The molecule has 6 nitrogen and oxygen atoms in total. The van der Waals surface area contributed by atoms with E-state index in [0.29, 0.717) is 35.1 Å². The van der Waals surface area contributed by atoms with Crippen molar-refractivity contribution in [3.05, 3.63) is 88.3 Å². The first kappa shape index (κ1) is 24.4. The highest BCUT2D eigenvalue weighted by atomic mass is 32.2. The van der Waals surface area contributed by atoms with Gasteiger partial charge in [-0.25, -0.2) is 0 Å². The van der Waals surface area contributed by atoms with Crippen LogP contribution in [-0.4, -0.2) is 39.1 Å². The maximum Gasteiger partial charge on any atom is 0.264 e. The summed E-state index contributed by atoms with van der Waals surface area (Å²) < 4.78 is 11.0. The fourth-order valence-corrected chi connectivity index (χ4v) is 4.89. The highest BCUT2D eigenvalue weighted by molar-refractivity contribution is 8.04. The number of carbonyl (C=O) groups is 2. The zero-order valence-electron chi connectivity index (χ0n) is 20.0. The molecule has 1 aliphatic rings. The predicted octanol–water partition coefficient (Wildman–Crippen LogP) is 5.18. The molecule has 3 aromatic carbocycles. The zero-order valence-corrected chi connectivity index (χ0v) is 20.9. The van der Waals surface area contributed by atoms with E-state index in [0.717, 1.165) is 22.6 Å². The minimum absolute atomic E-state index is 0.128. The van der Waals surface area contributed by atoms with Crippen molar-refractivity contribution in [3.63, 3.8) is 0 Å². The molecule has 0 aromatic heterocycles. The van der Waals surface area contributed by atoms with Gasteiger partial charge in [-0.2, -0.15) is 0 Å². The van der Waals surface area contributed by atoms with Crippen molar-refractivity contribution in [1.82, 2.24) is 5.32 Å². The first-order valence-electron chi connectivity index (χ1n) is 11.4. The lowest BCUT2D eigenvalue weighted by Crippen LogP contribution is -2.31. The molecular weight excluding hydrogens is 460 g/mol. The first-order valence-corrected chi connectivity index (χ1v) is 12.3. The van der Waals surface area contributed by atoms with E-state index in [1.807, 2.05) is 67.6 Å². The van der Waals surface area contributed by atoms with Gasteiger partial charge < -0.3 is 19.7 Å². The standard InChI is InChI=1S/C28H28N2O4S/c1-4-34-23-12-10-20(16-24(23)33-3)17-26-28(32)30(2)22-18-21(11-13-25(22)35-26)27(31)29-15-14-19-8-6-5-7-9-19/h5-13,16-18H,4,14-15H2,1-3H3,(H,29,31). The number of likely N-dealkylation sites (N-methyl/N-ethyl adjacent to an activating group) is 1. The van der Waals surface area contributed by atoms with Crippen molar-refractivity contribution in [3.8, 4) is 11.5 Å². The highest BCUT2D eigenvalue weighted by Gasteiger charge is 2.27. The Morgan fingerprint density at radius 1 is 1.06 bits per heavy atom. The highest BCUT2D eigenvalue weighted by Crippen LogP contribution is 2.42. The summed E-state index contributed by atoms with van der Waals surface area (Å²) in [4.78, 5) is 28.9. The number of methoxy groups -OCH3 is 1. The molecule has 1 aliphatic heterocycles. The summed E-state index contributed by atoms with van der Waals surface area (Å²) in [7, 11) is 3.32. The average molecular weight is 489 g/mol. The van der Waals surface area contributed by atoms with Crippen LogP contribution in [-0.2, 0) is 11.2 Å². The van der Waals surface area contributed by atoms with Gasteiger partial charge >= 0.3 is 0 Å². The normalized spacial score (nSPS) is 14.0. The van der Waals surface area contributed by atoms with Crippen LogP contribution >= 0.6 is 11.8 Å². The molecule has 1 N–H and O–H groups in total. The number of nitrogens with one attached hydrogen (secondary N) is 1. The molecule has 1 heterocycles. The lowest BCUT2D eigenvalue weighted by atomic mass is 10.1. The third-order valence-corrected chi connectivity index (χ3v) is 6.72. The number of rotatable bonds is 8. The van der Waals surface area contributed by atoms with Gasteiger partial charge in [0.25, 0.3) is 11.8 Å². The monoisotopic (exact) mass is 488 g/mol. The molecule has 3 aromatic rings. The molecule has 0 saturated heterocycles. The molecule has 2 amide bonds. The minimum Gasteiger partial charge on any atom is -0.493 e. The average Bonchev–Trinajstić information content (AvgIpc) is 2.88. The maximum atomic E-state index is 13.1. The van der Waals surface area contributed by atoms with Crippen molar-refractivity contribution < 1.29 is 19.1 Å². The molecule has 0 radical (unpaired) electrons. The number of hydrogen-bond donors (Lipinski definition) is 1. The Labute approximate surface area is 209 Å². The quantitative estimate of drug-likeness (QED) is 0.443. The van der Waals surface area contributed by atoms with Crippen LogP contribution in [0.1, 0.15) is 28.4 Å². The lowest BCUT2D eigenvalue weighted by molar-refractivity contribution is -0.114. The van der Waals surface area contributed by atoms with Gasteiger partial charge in [-0.3, -0.25) is 9.59 Å². The third-order valence-electron chi connectivity index (χ3n) is 5.65. The molecular formula is C28H28N2O4S. The summed E-state index contributed by atoms with van der Waals surface area (Å²) in [5.74, 6) is 0.998. The SMILES string of the molecule is CCOc1ccc(C=C2Sc3ccc(C(=O)NCCc4ccccc4)cc3N(C)C2=O)cc1OC. The van der Waals surface area contributed by atoms with Crippen molar-refractivity contribution in [2.24, 2.45) is 0 Å². The summed E-state index contributed by atoms with van der Waals surface area (Å²) in [6.07, 6.45) is 2.60. The largest absolute Gasteiger partial charge is 0.493 e. The molecule has 0 fully saturated rings. The van der Waals surface area contributed by atoms with E-state index in [1.165, 1.54) is 17.3 Å². The second-order valence-electron chi connectivity index (χ2n) is 7.99. The number of carbonyl (C=O) groups excluding carboxylic acids is 2. The summed E-state index contributed by atoms with van der Waals surface area (Å²) in [5.41, 5.74) is 3.26. The Kier molecular flexibility index (Phi) is 7.77. The fourth-order valence-electron chi connectivity index (χ4n) is 3.80. The molecule has 0 unspecified atom stereocenters. The topological polar surface area (TPSA) is 67.9 Å². The smallest absolute Gasteiger partial charge is 0.264 e. The van der Waals surface area contributed by atoms with Gasteiger partial charge in [-0.15, -0.1) is 0 Å². The van der Waals surface area contributed by atoms with Crippen molar-refractivity contribution in [1.29, 1.82) is 0 Å². The maximum absolute atomic E-state index is 13.1. The van der Waals surface area contributed by atoms with E-state index in [2.05, 4.69) is 5.32 Å². The molecule has 0 spiro atoms. The van der Waals surface area contributed by atoms with E-state index in [-0.39, 0.29) is 11.8 Å². The van der Waals surface area contributed by atoms with E-state index in [1.54, 1.807) is 31.2 Å². The van der Waals surface area contributed by atoms with Crippen LogP contribution in [0.2, 0.25) is 0 Å². The Hall–Kier alpha value is -3.71.